The van der Waals surface area contributed by atoms with Crippen molar-refractivity contribution in [1.82, 2.24) is 9.88 Å². The molecule has 21 heavy (non-hydrogen) atoms. The average Bonchev–Trinajstić information content (AvgIpc) is 2.53. The van der Waals surface area contributed by atoms with E-state index in [-0.39, 0.29) is 5.91 Å². The minimum absolute atomic E-state index is 0.144. The van der Waals surface area contributed by atoms with Gasteiger partial charge in [0.15, 0.2) is 0 Å². The van der Waals surface area contributed by atoms with Gasteiger partial charge in [0, 0.05) is 31.4 Å². The second kappa shape index (κ2) is 6.92. The van der Waals surface area contributed by atoms with Crippen molar-refractivity contribution >= 4 is 11.7 Å². The van der Waals surface area contributed by atoms with E-state index in [2.05, 4.69) is 31.1 Å². The molecule has 4 heteroatoms. The first-order valence-electron chi connectivity index (χ1n) is 8.04. The van der Waals surface area contributed by atoms with Gasteiger partial charge in [-0.05, 0) is 36.8 Å². The molecule has 0 aliphatic carbocycles. The second-order valence-corrected chi connectivity index (χ2v) is 6.21. The van der Waals surface area contributed by atoms with E-state index in [1.807, 2.05) is 24.1 Å². The molecule has 0 atom stereocenters. The van der Waals surface area contributed by atoms with Gasteiger partial charge >= 0.3 is 0 Å². The molecule has 0 spiro atoms. The molecule has 116 valence electrons. The standard InChI is InChI=1S/C17H27N3O/c1-5-13-6-8-20(9-7-13)17(21)14-10-15(12(2)3)19-16(11-14)18-4/h10-13H,5-9H2,1-4H3,(H,18,19). The van der Waals surface area contributed by atoms with Gasteiger partial charge in [0.05, 0.1) is 0 Å². The number of pyridine rings is 1. The Balaban J connectivity index is 2.17. The quantitative estimate of drug-likeness (QED) is 0.922. The molecule has 1 aliphatic rings. The monoisotopic (exact) mass is 289 g/mol. The summed E-state index contributed by atoms with van der Waals surface area (Å²) in [5.74, 6) is 2.01. The lowest BCUT2D eigenvalue weighted by Crippen LogP contribution is -2.38. The Bertz CT molecular complexity index is 491. The zero-order valence-corrected chi connectivity index (χ0v) is 13.6. The van der Waals surface area contributed by atoms with Crippen LogP contribution in [0, 0.1) is 5.92 Å². The topological polar surface area (TPSA) is 45.2 Å². The van der Waals surface area contributed by atoms with Crippen LogP contribution in [0.1, 0.15) is 62.0 Å². The Hall–Kier alpha value is -1.58. The van der Waals surface area contributed by atoms with Crippen LogP contribution in [0.25, 0.3) is 0 Å². The van der Waals surface area contributed by atoms with Gasteiger partial charge in [-0.15, -0.1) is 0 Å². The van der Waals surface area contributed by atoms with Gasteiger partial charge in [-0.3, -0.25) is 4.79 Å². The smallest absolute Gasteiger partial charge is 0.254 e. The number of anilines is 1. The van der Waals surface area contributed by atoms with Crippen molar-refractivity contribution in [3.05, 3.63) is 23.4 Å². The van der Waals surface area contributed by atoms with E-state index in [1.165, 1.54) is 6.42 Å². The minimum atomic E-state index is 0.144. The van der Waals surface area contributed by atoms with Crippen molar-refractivity contribution in [3.63, 3.8) is 0 Å². The maximum absolute atomic E-state index is 12.7. The average molecular weight is 289 g/mol. The highest BCUT2D eigenvalue weighted by molar-refractivity contribution is 5.95. The number of carbonyl (C=O) groups excluding carboxylic acids is 1. The molecular formula is C17H27N3O. The Morgan fingerprint density at radius 1 is 1.38 bits per heavy atom. The van der Waals surface area contributed by atoms with Crippen LogP contribution in [0.5, 0.6) is 0 Å². The number of aromatic nitrogens is 1. The molecule has 2 heterocycles. The lowest BCUT2D eigenvalue weighted by atomic mass is 9.94. The van der Waals surface area contributed by atoms with E-state index in [4.69, 9.17) is 0 Å². The van der Waals surface area contributed by atoms with Gasteiger partial charge in [0.1, 0.15) is 5.82 Å². The molecule has 0 bridgehead atoms. The lowest BCUT2D eigenvalue weighted by Gasteiger charge is -2.31. The third-order valence-electron chi connectivity index (χ3n) is 4.42. The summed E-state index contributed by atoms with van der Waals surface area (Å²) in [6, 6.07) is 3.81. The molecule has 1 aliphatic heterocycles. The Labute approximate surface area is 127 Å². The van der Waals surface area contributed by atoms with Crippen molar-refractivity contribution in [3.8, 4) is 0 Å². The van der Waals surface area contributed by atoms with Crippen molar-refractivity contribution in [2.24, 2.45) is 5.92 Å². The molecule has 0 aromatic carbocycles. The van der Waals surface area contributed by atoms with Gasteiger partial charge in [0.2, 0.25) is 0 Å². The van der Waals surface area contributed by atoms with E-state index < -0.39 is 0 Å². The van der Waals surface area contributed by atoms with E-state index in [0.29, 0.717) is 5.92 Å². The fourth-order valence-corrected chi connectivity index (χ4v) is 2.83. The van der Waals surface area contributed by atoms with Crippen molar-refractivity contribution in [2.75, 3.05) is 25.5 Å². The predicted molar refractivity (Wildman–Crippen MR) is 86.8 cm³/mol. The summed E-state index contributed by atoms with van der Waals surface area (Å²) in [5, 5.41) is 3.05. The van der Waals surface area contributed by atoms with Crippen molar-refractivity contribution < 1.29 is 4.79 Å². The number of rotatable bonds is 4. The number of carbonyl (C=O) groups is 1. The molecule has 1 aromatic heterocycles. The molecule has 2 rings (SSSR count). The highest BCUT2D eigenvalue weighted by Gasteiger charge is 2.23. The number of likely N-dealkylation sites (tertiary alicyclic amines) is 1. The summed E-state index contributed by atoms with van der Waals surface area (Å²) < 4.78 is 0. The summed E-state index contributed by atoms with van der Waals surface area (Å²) in [5.41, 5.74) is 1.72. The molecule has 0 radical (unpaired) electrons. The normalized spacial score (nSPS) is 16.3. The zero-order valence-electron chi connectivity index (χ0n) is 13.6. The molecule has 1 fully saturated rings. The fourth-order valence-electron chi connectivity index (χ4n) is 2.83. The summed E-state index contributed by atoms with van der Waals surface area (Å²) in [4.78, 5) is 19.2. The van der Waals surface area contributed by atoms with Crippen LogP contribution in [-0.4, -0.2) is 35.9 Å². The first-order valence-corrected chi connectivity index (χ1v) is 8.04. The number of hydrogen-bond donors (Lipinski definition) is 1. The Morgan fingerprint density at radius 3 is 2.57 bits per heavy atom. The van der Waals surface area contributed by atoms with Crippen LogP contribution in [0.3, 0.4) is 0 Å². The summed E-state index contributed by atoms with van der Waals surface area (Å²) >= 11 is 0. The van der Waals surface area contributed by atoms with Gasteiger partial charge < -0.3 is 10.2 Å². The number of amides is 1. The van der Waals surface area contributed by atoms with Crippen LogP contribution in [0.15, 0.2) is 12.1 Å². The Morgan fingerprint density at radius 2 is 2.05 bits per heavy atom. The highest BCUT2D eigenvalue weighted by Crippen LogP contribution is 2.23. The van der Waals surface area contributed by atoms with Gasteiger partial charge in [-0.2, -0.15) is 0 Å². The molecule has 1 aromatic rings. The van der Waals surface area contributed by atoms with Crippen LogP contribution < -0.4 is 5.32 Å². The zero-order chi connectivity index (χ0) is 15.4. The van der Waals surface area contributed by atoms with Gasteiger partial charge in [0.25, 0.3) is 5.91 Å². The van der Waals surface area contributed by atoms with Crippen LogP contribution >= 0.6 is 0 Å². The predicted octanol–water partition coefficient (Wildman–Crippen LogP) is 3.51. The van der Waals surface area contributed by atoms with Crippen LogP contribution in [-0.2, 0) is 0 Å². The molecule has 4 nitrogen and oxygen atoms in total. The highest BCUT2D eigenvalue weighted by atomic mass is 16.2. The third kappa shape index (κ3) is 3.74. The van der Waals surface area contributed by atoms with Crippen LogP contribution in [0.4, 0.5) is 5.82 Å². The number of hydrogen-bond acceptors (Lipinski definition) is 3. The molecule has 0 unspecified atom stereocenters. The molecule has 1 amide bonds. The summed E-state index contributed by atoms with van der Waals surface area (Å²) in [6.45, 7) is 8.20. The number of nitrogens with one attached hydrogen (secondary N) is 1. The van der Waals surface area contributed by atoms with E-state index in [0.717, 1.165) is 48.9 Å². The molecular weight excluding hydrogens is 262 g/mol. The van der Waals surface area contributed by atoms with E-state index in [1.54, 1.807) is 0 Å². The maximum atomic E-state index is 12.7. The fraction of sp³-hybridized carbons (Fsp3) is 0.647. The molecule has 1 N–H and O–H groups in total. The molecule has 0 saturated carbocycles. The number of nitrogens with zero attached hydrogens (tertiary/aromatic N) is 2. The van der Waals surface area contributed by atoms with Gasteiger partial charge in [-0.25, -0.2) is 4.98 Å². The van der Waals surface area contributed by atoms with Crippen molar-refractivity contribution in [2.45, 2.75) is 46.0 Å². The lowest BCUT2D eigenvalue weighted by molar-refractivity contribution is 0.0688. The summed E-state index contributed by atoms with van der Waals surface area (Å²) in [7, 11) is 1.84. The first-order chi connectivity index (χ1) is 10.0. The SMILES string of the molecule is CCC1CCN(C(=O)c2cc(NC)nc(C(C)C)c2)CC1. The third-order valence-corrected chi connectivity index (χ3v) is 4.42. The summed E-state index contributed by atoms with van der Waals surface area (Å²) in [6.07, 6.45) is 3.48. The molecule has 1 saturated heterocycles. The van der Waals surface area contributed by atoms with Gasteiger partial charge in [-0.1, -0.05) is 27.2 Å². The largest absolute Gasteiger partial charge is 0.373 e. The first kappa shape index (κ1) is 15.8. The maximum Gasteiger partial charge on any atom is 0.254 e. The Kier molecular flexibility index (Phi) is 5.21. The minimum Gasteiger partial charge on any atom is -0.373 e. The van der Waals surface area contributed by atoms with Crippen LogP contribution in [0.2, 0.25) is 0 Å². The second-order valence-electron chi connectivity index (χ2n) is 6.21. The van der Waals surface area contributed by atoms with E-state index in [9.17, 15) is 4.79 Å². The van der Waals surface area contributed by atoms with Crippen molar-refractivity contribution in [1.29, 1.82) is 0 Å². The number of piperidine rings is 1. The van der Waals surface area contributed by atoms with E-state index >= 15 is 0 Å².